The van der Waals surface area contributed by atoms with Crippen molar-refractivity contribution in [2.45, 2.75) is 31.7 Å². The number of hydrogen-bond donors (Lipinski definition) is 3. The van der Waals surface area contributed by atoms with Gasteiger partial charge in [0.05, 0.1) is 17.2 Å². The molecule has 2 atom stereocenters. The predicted molar refractivity (Wildman–Crippen MR) is 72.0 cm³/mol. The van der Waals surface area contributed by atoms with E-state index in [2.05, 4.69) is 5.32 Å². The number of amides is 1. The summed E-state index contributed by atoms with van der Waals surface area (Å²) in [7, 11) is 0. The van der Waals surface area contributed by atoms with Crippen molar-refractivity contribution in [2.75, 3.05) is 5.32 Å². The number of carboxylic acid groups (broad SMARTS) is 1. The molecule has 19 heavy (non-hydrogen) atoms. The van der Waals surface area contributed by atoms with Crippen molar-refractivity contribution < 1.29 is 14.7 Å². The first-order valence-electron chi connectivity index (χ1n) is 6.48. The van der Waals surface area contributed by atoms with Gasteiger partial charge in [0.25, 0.3) is 0 Å². The Balaban J connectivity index is 2.12. The zero-order valence-electron chi connectivity index (χ0n) is 10.6. The van der Waals surface area contributed by atoms with Crippen LogP contribution in [0.25, 0.3) is 0 Å². The number of nitrogens with one attached hydrogen (secondary N) is 1. The lowest BCUT2D eigenvalue weighted by Crippen LogP contribution is -2.40. The molecule has 2 unspecified atom stereocenters. The van der Waals surface area contributed by atoms with E-state index < -0.39 is 5.97 Å². The first kappa shape index (κ1) is 13.5. The van der Waals surface area contributed by atoms with Crippen LogP contribution in [-0.2, 0) is 4.79 Å². The van der Waals surface area contributed by atoms with Crippen LogP contribution in [0.3, 0.4) is 0 Å². The molecule has 0 bridgehead atoms. The SMILES string of the molecule is NC1CCCCC1C(=O)Nc1ccccc1C(=O)O. The summed E-state index contributed by atoms with van der Waals surface area (Å²) in [5, 5.41) is 11.8. The quantitative estimate of drug-likeness (QED) is 0.775. The summed E-state index contributed by atoms with van der Waals surface area (Å²) < 4.78 is 0. The second-order valence-electron chi connectivity index (χ2n) is 4.89. The monoisotopic (exact) mass is 262 g/mol. The van der Waals surface area contributed by atoms with Crippen LogP contribution in [0.2, 0.25) is 0 Å². The van der Waals surface area contributed by atoms with E-state index in [1.807, 2.05) is 0 Å². The van der Waals surface area contributed by atoms with Gasteiger partial charge in [0.1, 0.15) is 0 Å². The molecule has 1 aromatic rings. The molecule has 4 N–H and O–H groups in total. The average molecular weight is 262 g/mol. The summed E-state index contributed by atoms with van der Waals surface area (Å²) in [5.74, 6) is -1.46. The number of rotatable bonds is 3. The first-order chi connectivity index (χ1) is 9.09. The van der Waals surface area contributed by atoms with Crippen molar-refractivity contribution in [3.63, 3.8) is 0 Å². The summed E-state index contributed by atoms with van der Waals surface area (Å²) in [4.78, 5) is 23.2. The van der Waals surface area contributed by atoms with Crippen molar-refractivity contribution in [1.82, 2.24) is 0 Å². The minimum Gasteiger partial charge on any atom is -0.478 e. The Hall–Kier alpha value is -1.88. The molecule has 1 amide bonds. The Morgan fingerprint density at radius 3 is 2.58 bits per heavy atom. The maximum Gasteiger partial charge on any atom is 0.337 e. The molecule has 1 aliphatic rings. The lowest BCUT2D eigenvalue weighted by molar-refractivity contribution is -0.121. The number of para-hydroxylation sites is 1. The number of hydrogen-bond acceptors (Lipinski definition) is 3. The Kier molecular flexibility index (Phi) is 4.16. The largest absolute Gasteiger partial charge is 0.478 e. The topological polar surface area (TPSA) is 92.4 Å². The average Bonchev–Trinajstić information content (AvgIpc) is 2.39. The van der Waals surface area contributed by atoms with Crippen LogP contribution in [0.5, 0.6) is 0 Å². The molecule has 1 fully saturated rings. The van der Waals surface area contributed by atoms with Crippen LogP contribution in [0, 0.1) is 5.92 Å². The van der Waals surface area contributed by atoms with Gasteiger partial charge in [0.15, 0.2) is 0 Å². The van der Waals surface area contributed by atoms with Crippen molar-refractivity contribution in [1.29, 1.82) is 0 Å². The van der Waals surface area contributed by atoms with E-state index >= 15 is 0 Å². The highest BCUT2D eigenvalue weighted by atomic mass is 16.4. The van der Waals surface area contributed by atoms with Gasteiger partial charge in [-0.3, -0.25) is 4.79 Å². The van der Waals surface area contributed by atoms with Crippen molar-refractivity contribution >= 4 is 17.6 Å². The number of benzene rings is 1. The molecule has 0 saturated heterocycles. The fourth-order valence-corrected chi connectivity index (χ4v) is 2.49. The predicted octanol–water partition coefficient (Wildman–Crippen LogP) is 1.84. The van der Waals surface area contributed by atoms with Gasteiger partial charge in [-0.25, -0.2) is 4.79 Å². The summed E-state index contributed by atoms with van der Waals surface area (Å²) in [5.41, 5.74) is 6.38. The number of carbonyl (C=O) groups excluding carboxylic acids is 1. The molecule has 2 rings (SSSR count). The van der Waals surface area contributed by atoms with Crippen LogP contribution < -0.4 is 11.1 Å². The van der Waals surface area contributed by atoms with Gasteiger partial charge < -0.3 is 16.2 Å². The van der Waals surface area contributed by atoms with E-state index in [1.165, 1.54) is 6.07 Å². The lowest BCUT2D eigenvalue weighted by atomic mass is 9.84. The molecule has 0 radical (unpaired) electrons. The van der Waals surface area contributed by atoms with Crippen LogP contribution in [0.15, 0.2) is 24.3 Å². The summed E-state index contributed by atoms with van der Waals surface area (Å²) >= 11 is 0. The Morgan fingerprint density at radius 2 is 1.89 bits per heavy atom. The fraction of sp³-hybridized carbons (Fsp3) is 0.429. The molecule has 5 heteroatoms. The normalized spacial score (nSPS) is 22.8. The molecule has 0 aliphatic heterocycles. The Labute approximate surface area is 111 Å². The summed E-state index contributed by atoms with van der Waals surface area (Å²) in [6, 6.07) is 6.26. The molecule has 0 aromatic heterocycles. The standard InChI is InChI=1S/C14H18N2O3/c15-11-7-3-1-5-9(11)13(17)16-12-8-4-2-6-10(12)14(18)19/h2,4,6,8-9,11H,1,3,5,7,15H2,(H,16,17)(H,18,19). The third-order valence-electron chi connectivity index (χ3n) is 3.57. The second kappa shape index (κ2) is 5.84. The third-order valence-corrected chi connectivity index (χ3v) is 3.57. The van der Waals surface area contributed by atoms with Gasteiger partial charge in [0.2, 0.25) is 5.91 Å². The van der Waals surface area contributed by atoms with E-state index in [1.54, 1.807) is 18.2 Å². The highest BCUT2D eigenvalue weighted by Gasteiger charge is 2.28. The molecular formula is C14H18N2O3. The third kappa shape index (κ3) is 3.12. The fourth-order valence-electron chi connectivity index (χ4n) is 2.49. The number of nitrogens with two attached hydrogens (primary N) is 1. The lowest BCUT2D eigenvalue weighted by Gasteiger charge is -2.27. The van der Waals surface area contributed by atoms with E-state index in [9.17, 15) is 9.59 Å². The van der Waals surface area contributed by atoms with E-state index in [4.69, 9.17) is 10.8 Å². The first-order valence-corrected chi connectivity index (χ1v) is 6.48. The van der Waals surface area contributed by atoms with Gasteiger partial charge in [-0.05, 0) is 25.0 Å². The van der Waals surface area contributed by atoms with Crippen LogP contribution in [0.1, 0.15) is 36.0 Å². The van der Waals surface area contributed by atoms with Crippen LogP contribution in [0.4, 0.5) is 5.69 Å². The summed E-state index contributed by atoms with van der Waals surface area (Å²) in [6.07, 6.45) is 3.66. The van der Waals surface area contributed by atoms with Gasteiger partial charge in [-0.1, -0.05) is 25.0 Å². The molecule has 1 aliphatic carbocycles. The van der Waals surface area contributed by atoms with E-state index in [0.29, 0.717) is 5.69 Å². The molecule has 1 aromatic carbocycles. The van der Waals surface area contributed by atoms with E-state index in [-0.39, 0.29) is 23.4 Å². The van der Waals surface area contributed by atoms with Crippen LogP contribution in [-0.4, -0.2) is 23.0 Å². The van der Waals surface area contributed by atoms with Crippen molar-refractivity contribution in [3.05, 3.63) is 29.8 Å². The van der Waals surface area contributed by atoms with Gasteiger partial charge in [-0.15, -0.1) is 0 Å². The zero-order valence-corrected chi connectivity index (χ0v) is 10.6. The minimum atomic E-state index is -1.05. The van der Waals surface area contributed by atoms with Gasteiger partial charge >= 0.3 is 5.97 Å². The second-order valence-corrected chi connectivity index (χ2v) is 4.89. The minimum absolute atomic E-state index is 0.0974. The zero-order chi connectivity index (χ0) is 13.8. The molecule has 0 heterocycles. The van der Waals surface area contributed by atoms with Crippen molar-refractivity contribution in [2.24, 2.45) is 11.7 Å². The molecule has 1 saturated carbocycles. The van der Waals surface area contributed by atoms with Gasteiger partial charge in [-0.2, -0.15) is 0 Å². The highest BCUT2D eigenvalue weighted by Crippen LogP contribution is 2.25. The maximum atomic E-state index is 12.2. The number of carboxylic acids is 1. The highest BCUT2D eigenvalue weighted by molar-refractivity contribution is 6.01. The molecule has 5 nitrogen and oxygen atoms in total. The number of carbonyl (C=O) groups is 2. The summed E-state index contributed by atoms with van der Waals surface area (Å²) in [6.45, 7) is 0. The Morgan fingerprint density at radius 1 is 1.21 bits per heavy atom. The van der Waals surface area contributed by atoms with E-state index in [0.717, 1.165) is 25.7 Å². The Bertz CT molecular complexity index is 487. The number of aromatic carboxylic acids is 1. The molecule has 102 valence electrons. The van der Waals surface area contributed by atoms with Gasteiger partial charge in [0, 0.05) is 6.04 Å². The van der Waals surface area contributed by atoms with Crippen molar-refractivity contribution in [3.8, 4) is 0 Å². The molecular weight excluding hydrogens is 244 g/mol. The maximum absolute atomic E-state index is 12.2. The smallest absolute Gasteiger partial charge is 0.337 e. The molecule has 0 spiro atoms. The number of anilines is 1. The van der Waals surface area contributed by atoms with Crippen LogP contribution >= 0.6 is 0 Å².